The van der Waals surface area contributed by atoms with Gasteiger partial charge in [-0.15, -0.1) is 0 Å². The summed E-state index contributed by atoms with van der Waals surface area (Å²) < 4.78 is 1.99. The number of fused-ring (bicyclic) bond motifs is 2. The number of benzene rings is 2. The van der Waals surface area contributed by atoms with Gasteiger partial charge >= 0.3 is 0 Å². The van der Waals surface area contributed by atoms with Crippen LogP contribution in [0.25, 0.3) is 0 Å². The van der Waals surface area contributed by atoms with Crippen LogP contribution in [-0.4, -0.2) is 35.7 Å². The van der Waals surface area contributed by atoms with Crippen LogP contribution in [0.2, 0.25) is 0 Å². The van der Waals surface area contributed by atoms with Crippen molar-refractivity contribution in [2.24, 2.45) is 0 Å². The summed E-state index contributed by atoms with van der Waals surface area (Å²) >= 11 is 6.72. The van der Waals surface area contributed by atoms with Gasteiger partial charge in [0, 0.05) is 29.1 Å². The molecule has 124 valence electrons. The number of nitrogens with zero attached hydrogens (tertiary/aromatic N) is 2. The summed E-state index contributed by atoms with van der Waals surface area (Å²) in [5.74, 6) is -0.464. The van der Waals surface area contributed by atoms with Gasteiger partial charge in [0.1, 0.15) is 0 Å². The Morgan fingerprint density at radius 2 is 1.38 bits per heavy atom. The number of imide groups is 1. The van der Waals surface area contributed by atoms with Crippen molar-refractivity contribution in [3.8, 4) is 0 Å². The van der Waals surface area contributed by atoms with Crippen LogP contribution in [0.3, 0.4) is 0 Å². The number of rotatable bonds is 0. The molecule has 24 heavy (non-hydrogen) atoms. The number of hydrogen-bond acceptors (Lipinski definition) is 3. The molecule has 2 heterocycles. The molecule has 0 unspecified atom stereocenters. The summed E-state index contributed by atoms with van der Waals surface area (Å²) in [4.78, 5) is 26.3. The number of halogens is 2. The van der Waals surface area contributed by atoms with Gasteiger partial charge in [-0.3, -0.25) is 19.4 Å². The zero-order chi connectivity index (χ0) is 17.4. The highest BCUT2D eigenvalue weighted by atomic mass is 79.9. The van der Waals surface area contributed by atoms with E-state index in [1.165, 1.54) is 22.6 Å². The maximum atomic E-state index is 11.4. The fourth-order valence-corrected chi connectivity index (χ4v) is 3.64. The van der Waals surface area contributed by atoms with E-state index in [-0.39, 0.29) is 11.8 Å². The average molecular weight is 452 g/mol. The Balaban J connectivity index is 0.000000143. The highest BCUT2D eigenvalue weighted by Gasteiger charge is 2.32. The number of hydrogen-bond donors (Lipinski definition) is 0. The second-order valence-corrected chi connectivity index (χ2v) is 7.78. The summed E-state index contributed by atoms with van der Waals surface area (Å²) in [5, 5.41) is 0. The summed E-state index contributed by atoms with van der Waals surface area (Å²) in [6.07, 6.45) is 0. The fourth-order valence-electron chi connectivity index (χ4n) is 2.87. The maximum Gasteiger partial charge on any atom is 0.261 e. The zero-order valence-corrected chi connectivity index (χ0v) is 16.5. The lowest BCUT2D eigenvalue weighted by atomic mass is 10.1. The molecule has 2 aliphatic rings. The minimum absolute atomic E-state index is 0.229. The van der Waals surface area contributed by atoms with Crippen LogP contribution in [0.5, 0.6) is 0 Å². The van der Waals surface area contributed by atoms with Crippen LogP contribution in [0.15, 0.2) is 45.3 Å². The molecule has 0 saturated carbocycles. The van der Waals surface area contributed by atoms with E-state index in [9.17, 15) is 9.59 Å². The van der Waals surface area contributed by atoms with Crippen LogP contribution >= 0.6 is 31.9 Å². The number of amides is 2. The first kappa shape index (κ1) is 17.3. The average Bonchev–Trinajstić information content (AvgIpc) is 3.01. The van der Waals surface area contributed by atoms with Gasteiger partial charge in [-0.05, 0) is 48.5 Å². The molecule has 0 spiro atoms. The van der Waals surface area contributed by atoms with E-state index < -0.39 is 0 Å². The van der Waals surface area contributed by atoms with Crippen LogP contribution in [0, 0.1) is 0 Å². The second kappa shape index (κ2) is 6.78. The Hall–Kier alpha value is -1.50. The van der Waals surface area contributed by atoms with Crippen LogP contribution in [0.1, 0.15) is 31.8 Å². The van der Waals surface area contributed by atoms with Crippen molar-refractivity contribution >= 4 is 43.7 Å². The highest BCUT2D eigenvalue weighted by molar-refractivity contribution is 9.10. The lowest BCUT2D eigenvalue weighted by Crippen LogP contribution is -2.24. The van der Waals surface area contributed by atoms with E-state index in [0.717, 1.165) is 22.5 Å². The van der Waals surface area contributed by atoms with Crippen molar-refractivity contribution in [1.29, 1.82) is 0 Å². The summed E-state index contributed by atoms with van der Waals surface area (Å²) in [7, 11) is 3.63. The Morgan fingerprint density at radius 3 is 2.12 bits per heavy atom. The third-order valence-electron chi connectivity index (χ3n) is 4.10. The Labute approximate surface area is 157 Å². The van der Waals surface area contributed by atoms with Gasteiger partial charge < -0.3 is 0 Å². The first-order valence-corrected chi connectivity index (χ1v) is 9.03. The molecule has 0 radical (unpaired) electrons. The van der Waals surface area contributed by atoms with Gasteiger partial charge in [0.2, 0.25) is 0 Å². The van der Waals surface area contributed by atoms with Gasteiger partial charge in [-0.2, -0.15) is 0 Å². The van der Waals surface area contributed by atoms with Crippen molar-refractivity contribution in [2.75, 3.05) is 14.1 Å². The lowest BCUT2D eigenvalue weighted by molar-refractivity contribution is 0.0693. The van der Waals surface area contributed by atoms with E-state index in [0.29, 0.717) is 11.1 Å². The van der Waals surface area contributed by atoms with Crippen LogP contribution in [-0.2, 0) is 13.1 Å². The minimum Gasteiger partial charge on any atom is -0.298 e. The molecule has 4 rings (SSSR count). The van der Waals surface area contributed by atoms with Crippen LogP contribution < -0.4 is 0 Å². The van der Waals surface area contributed by atoms with Gasteiger partial charge in [0.25, 0.3) is 11.8 Å². The molecule has 0 bridgehead atoms. The van der Waals surface area contributed by atoms with Gasteiger partial charge in [-0.1, -0.05) is 37.9 Å². The quantitative estimate of drug-likeness (QED) is 0.567. The molecular weight excluding hydrogens is 436 g/mol. The van der Waals surface area contributed by atoms with Crippen molar-refractivity contribution in [3.05, 3.63) is 67.6 Å². The molecule has 0 aromatic heterocycles. The molecule has 2 aliphatic heterocycles. The molecule has 2 aromatic carbocycles. The molecule has 0 fully saturated rings. The number of carbonyl (C=O) groups is 2. The van der Waals surface area contributed by atoms with E-state index in [1.54, 1.807) is 18.2 Å². The van der Waals surface area contributed by atoms with Crippen LogP contribution in [0.4, 0.5) is 0 Å². The van der Waals surface area contributed by atoms with Crippen molar-refractivity contribution in [3.63, 3.8) is 0 Å². The molecule has 2 aromatic rings. The molecule has 0 saturated heterocycles. The molecule has 0 atom stereocenters. The van der Waals surface area contributed by atoms with E-state index >= 15 is 0 Å². The standard InChI is InChI=1S/C9H6BrNO2.C9H10BrN/c1-11-8(12)6-3-2-5(10)4-7(6)9(11)13;1-11-5-7-2-3-9(10)4-8(7)6-11/h2-4H,1H3;2-4H,5-6H2,1H3. The summed E-state index contributed by atoms with van der Waals surface area (Å²) in [6.45, 7) is 2.19. The smallest absolute Gasteiger partial charge is 0.261 e. The van der Waals surface area contributed by atoms with E-state index in [2.05, 4.69) is 62.0 Å². The first-order valence-electron chi connectivity index (χ1n) is 7.44. The predicted molar refractivity (Wildman–Crippen MR) is 99.9 cm³/mol. The third-order valence-corrected chi connectivity index (χ3v) is 5.09. The Kier molecular flexibility index (Phi) is 4.90. The van der Waals surface area contributed by atoms with E-state index in [1.807, 2.05) is 0 Å². The van der Waals surface area contributed by atoms with Crippen molar-refractivity contribution in [2.45, 2.75) is 13.1 Å². The first-order chi connectivity index (χ1) is 11.4. The molecule has 2 amide bonds. The minimum atomic E-state index is -0.235. The topological polar surface area (TPSA) is 40.6 Å². The van der Waals surface area contributed by atoms with Gasteiger partial charge in [-0.25, -0.2) is 0 Å². The van der Waals surface area contributed by atoms with Gasteiger partial charge in [0.05, 0.1) is 11.1 Å². The molecule has 0 aliphatic carbocycles. The molecular formula is C18H16Br2N2O2. The van der Waals surface area contributed by atoms with Crippen molar-refractivity contribution in [1.82, 2.24) is 9.80 Å². The Bertz CT molecular complexity index is 836. The van der Waals surface area contributed by atoms with Crippen molar-refractivity contribution < 1.29 is 9.59 Å². The van der Waals surface area contributed by atoms with E-state index in [4.69, 9.17) is 0 Å². The largest absolute Gasteiger partial charge is 0.298 e. The monoisotopic (exact) mass is 450 g/mol. The second-order valence-electron chi connectivity index (χ2n) is 5.94. The highest BCUT2D eigenvalue weighted by Crippen LogP contribution is 2.25. The van der Waals surface area contributed by atoms with Gasteiger partial charge in [0.15, 0.2) is 0 Å². The molecule has 6 heteroatoms. The summed E-state index contributed by atoms with van der Waals surface area (Å²) in [5.41, 5.74) is 3.88. The lowest BCUT2D eigenvalue weighted by Gasteiger charge is -2.02. The maximum absolute atomic E-state index is 11.4. The molecule has 0 N–H and O–H groups in total. The zero-order valence-electron chi connectivity index (χ0n) is 13.3. The normalized spacial score (nSPS) is 15.9. The Morgan fingerprint density at radius 1 is 0.792 bits per heavy atom. The number of carbonyl (C=O) groups excluding carboxylic acids is 2. The SMILES string of the molecule is CN1C(=O)c2ccc(Br)cc2C1=O.CN1Cc2ccc(Br)cc2C1. The fraction of sp³-hybridized carbons (Fsp3) is 0.222. The third kappa shape index (κ3) is 3.31. The predicted octanol–water partition coefficient (Wildman–Crippen LogP) is 4.07. The molecule has 4 nitrogen and oxygen atoms in total. The summed E-state index contributed by atoms with van der Waals surface area (Å²) in [6, 6.07) is 11.6.